The Kier molecular flexibility index (Phi) is 4.76. The molecule has 7 nitrogen and oxygen atoms in total. The Morgan fingerprint density at radius 2 is 2.21 bits per heavy atom. The number of β-amino-alcohol motifs (C(OH)–C–C–N with tert-alkyl or cyclic N) is 1. The van der Waals surface area contributed by atoms with E-state index < -0.39 is 11.4 Å². The van der Waals surface area contributed by atoms with Crippen LogP contribution in [-0.2, 0) is 0 Å². The molecule has 4 heterocycles. The lowest BCUT2D eigenvalue weighted by atomic mass is 9.81. The second-order valence-corrected chi connectivity index (χ2v) is 7.99. The normalized spacial score (nSPS) is 22.9. The van der Waals surface area contributed by atoms with E-state index in [1.165, 1.54) is 6.07 Å². The van der Waals surface area contributed by atoms with Crippen LogP contribution in [-0.4, -0.2) is 50.0 Å². The number of pyridine rings is 2. The van der Waals surface area contributed by atoms with Gasteiger partial charge < -0.3 is 15.7 Å². The molecule has 8 heteroatoms. The van der Waals surface area contributed by atoms with Crippen molar-refractivity contribution in [3.63, 3.8) is 0 Å². The van der Waals surface area contributed by atoms with E-state index in [0.29, 0.717) is 54.4 Å². The molecule has 4 rings (SSSR count). The topological polar surface area (TPSA) is 104 Å². The van der Waals surface area contributed by atoms with Crippen molar-refractivity contribution < 1.29 is 9.50 Å². The van der Waals surface area contributed by atoms with E-state index in [4.69, 9.17) is 5.73 Å². The van der Waals surface area contributed by atoms with Crippen molar-refractivity contribution in [3.05, 3.63) is 36.3 Å². The zero-order chi connectivity index (χ0) is 19.9. The molecule has 3 aromatic rings. The maximum absolute atomic E-state index is 14.6. The van der Waals surface area contributed by atoms with Crippen molar-refractivity contribution in [3.8, 4) is 11.4 Å². The number of anilines is 1. The number of nitrogens with two attached hydrogens (primary N) is 1. The number of nitrogens with one attached hydrogen (secondary N) is 1. The Morgan fingerprint density at radius 3 is 3.00 bits per heavy atom. The number of fused-ring (bicyclic) bond motifs is 1. The van der Waals surface area contributed by atoms with Crippen LogP contribution in [0.3, 0.4) is 0 Å². The molecule has 1 aliphatic rings. The van der Waals surface area contributed by atoms with Crippen LogP contribution in [0.5, 0.6) is 0 Å². The molecule has 0 aromatic carbocycles. The molecule has 3 aromatic heterocycles. The van der Waals surface area contributed by atoms with Gasteiger partial charge in [0.2, 0.25) is 0 Å². The molecule has 0 bridgehead atoms. The Morgan fingerprint density at radius 1 is 1.39 bits per heavy atom. The van der Waals surface area contributed by atoms with Gasteiger partial charge in [-0.1, -0.05) is 13.8 Å². The molecule has 2 atom stereocenters. The quantitative estimate of drug-likeness (QED) is 0.638. The van der Waals surface area contributed by atoms with Crippen molar-refractivity contribution in [1.29, 1.82) is 0 Å². The highest BCUT2D eigenvalue weighted by Crippen LogP contribution is 2.32. The lowest BCUT2D eigenvalue weighted by Crippen LogP contribution is -2.61. The molecule has 0 saturated carbocycles. The maximum atomic E-state index is 14.6. The van der Waals surface area contributed by atoms with Crippen LogP contribution in [0.1, 0.15) is 26.7 Å². The Labute approximate surface area is 162 Å². The Balaban J connectivity index is 1.69. The van der Waals surface area contributed by atoms with Gasteiger partial charge in [0.15, 0.2) is 11.5 Å². The predicted octanol–water partition coefficient (Wildman–Crippen LogP) is 2.47. The van der Waals surface area contributed by atoms with Gasteiger partial charge >= 0.3 is 0 Å². The van der Waals surface area contributed by atoms with E-state index in [2.05, 4.69) is 34.0 Å². The zero-order valence-electron chi connectivity index (χ0n) is 16.1. The summed E-state index contributed by atoms with van der Waals surface area (Å²) in [7, 11) is 0. The monoisotopic (exact) mass is 384 g/mol. The van der Waals surface area contributed by atoms with Gasteiger partial charge in [-0.2, -0.15) is 5.10 Å². The number of rotatable bonds is 4. The average molecular weight is 384 g/mol. The number of aromatic amines is 1. The molecule has 4 N–H and O–H groups in total. The van der Waals surface area contributed by atoms with Crippen molar-refractivity contribution in [1.82, 2.24) is 20.2 Å². The maximum Gasteiger partial charge on any atom is 0.181 e. The minimum absolute atomic E-state index is 0.190. The van der Waals surface area contributed by atoms with Crippen LogP contribution in [0, 0.1) is 11.7 Å². The zero-order valence-corrected chi connectivity index (χ0v) is 16.1. The first kappa shape index (κ1) is 18.8. The van der Waals surface area contributed by atoms with Crippen molar-refractivity contribution >= 4 is 16.9 Å². The third-order valence-electron chi connectivity index (χ3n) is 5.35. The molecule has 1 aliphatic heterocycles. The van der Waals surface area contributed by atoms with Gasteiger partial charge in [-0.25, -0.2) is 14.4 Å². The Hall–Kier alpha value is -2.58. The smallest absolute Gasteiger partial charge is 0.181 e. The Bertz CT molecular complexity index is 990. The number of H-pyrrole nitrogens is 1. The third-order valence-corrected chi connectivity index (χ3v) is 5.35. The molecule has 1 fully saturated rings. The van der Waals surface area contributed by atoms with E-state index in [1.54, 1.807) is 18.3 Å². The first-order valence-electron chi connectivity index (χ1n) is 9.56. The van der Waals surface area contributed by atoms with Crippen LogP contribution in [0.4, 0.5) is 10.2 Å². The summed E-state index contributed by atoms with van der Waals surface area (Å²) in [6, 6.07) is 6.37. The fraction of sp³-hybridized carbons (Fsp3) is 0.450. The summed E-state index contributed by atoms with van der Waals surface area (Å²) in [5, 5.41) is 18.8. The predicted molar refractivity (Wildman–Crippen MR) is 106 cm³/mol. The van der Waals surface area contributed by atoms with Crippen LogP contribution >= 0.6 is 0 Å². The second-order valence-electron chi connectivity index (χ2n) is 7.99. The summed E-state index contributed by atoms with van der Waals surface area (Å²) in [5.41, 5.74) is 6.42. The van der Waals surface area contributed by atoms with Gasteiger partial charge in [0.25, 0.3) is 0 Å². The van der Waals surface area contributed by atoms with Gasteiger partial charge in [0, 0.05) is 30.7 Å². The molecule has 0 spiro atoms. The summed E-state index contributed by atoms with van der Waals surface area (Å²) in [6.07, 6.45) is 2.89. The molecule has 28 heavy (non-hydrogen) atoms. The molecular weight excluding hydrogens is 359 g/mol. The summed E-state index contributed by atoms with van der Waals surface area (Å²) >= 11 is 0. The highest BCUT2D eigenvalue weighted by molar-refractivity contribution is 5.89. The number of aromatic nitrogens is 4. The van der Waals surface area contributed by atoms with Crippen molar-refractivity contribution in [2.75, 3.05) is 18.0 Å². The fourth-order valence-corrected chi connectivity index (χ4v) is 4.02. The molecule has 0 radical (unpaired) electrons. The third kappa shape index (κ3) is 3.33. The number of halogens is 1. The summed E-state index contributed by atoms with van der Waals surface area (Å²) < 4.78 is 14.6. The highest BCUT2D eigenvalue weighted by Gasteiger charge is 2.40. The minimum atomic E-state index is -0.993. The number of nitrogens with zero attached hydrogens (tertiary/aromatic N) is 4. The number of hydrogen-bond acceptors (Lipinski definition) is 6. The number of piperidine rings is 1. The first-order chi connectivity index (χ1) is 13.4. The average Bonchev–Trinajstić information content (AvgIpc) is 3.08. The standard InChI is InChI=1S/C20H25FN6O/c1-12(2)10-20(28)11-27(9-7-15(20)22)16-6-5-14(21)18(24-16)17-13-4-3-8-23-19(13)26-25-17/h3-6,8,12,15,28H,7,9-11,22H2,1-2H3,(H,23,25,26)/t15-,20-/m1/s1. The summed E-state index contributed by atoms with van der Waals surface area (Å²) in [5.74, 6) is 0.484. The number of aliphatic hydroxyl groups is 1. The second kappa shape index (κ2) is 7.10. The first-order valence-corrected chi connectivity index (χ1v) is 9.56. The van der Waals surface area contributed by atoms with E-state index in [-0.39, 0.29) is 11.7 Å². The van der Waals surface area contributed by atoms with Crippen molar-refractivity contribution in [2.24, 2.45) is 11.7 Å². The van der Waals surface area contributed by atoms with Crippen LogP contribution in [0.2, 0.25) is 0 Å². The van der Waals surface area contributed by atoms with E-state index >= 15 is 0 Å². The minimum Gasteiger partial charge on any atom is -0.386 e. The molecule has 0 amide bonds. The SMILES string of the molecule is CC(C)C[C@@]1(O)CN(c2ccc(F)c(-c3[nH]nc4ncccc34)n2)CC[C@H]1N. The van der Waals surface area contributed by atoms with Gasteiger partial charge in [-0.15, -0.1) is 0 Å². The van der Waals surface area contributed by atoms with E-state index in [1.807, 2.05) is 11.0 Å². The van der Waals surface area contributed by atoms with Crippen LogP contribution in [0.25, 0.3) is 22.4 Å². The fourth-order valence-electron chi connectivity index (χ4n) is 4.02. The molecule has 1 saturated heterocycles. The molecular formula is C20H25FN6O. The molecule has 0 aliphatic carbocycles. The van der Waals surface area contributed by atoms with Crippen LogP contribution in [0.15, 0.2) is 30.5 Å². The van der Waals surface area contributed by atoms with Gasteiger partial charge in [0.1, 0.15) is 11.5 Å². The lowest BCUT2D eigenvalue weighted by molar-refractivity contribution is -0.0108. The van der Waals surface area contributed by atoms with E-state index in [9.17, 15) is 9.50 Å². The summed E-state index contributed by atoms with van der Waals surface area (Å²) in [6.45, 7) is 5.16. The van der Waals surface area contributed by atoms with Gasteiger partial charge in [-0.05, 0) is 43.0 Å². The molecule has 0 unspecified atom stereocenters. The number of hydrogen-bond donors (Lipinski definition) is 3. The summed E-state index contributed by atoms with van der Waals surface area (Å²) in [4.78, 5) is 10.7. The molecule has 148 valence electrons. The highest BCUT2D eigenvalue weighted by atomic mass is 19.1. The van der Waals surface area contributed by atoms with Gasteiger partial charge in [-0.3, -0.25) is 5.10 Å². The van der Waals surface area contributed by atoms with E-state index in [0.717, 1.165) is 0 Å². The van der Waals surface area contributed by atoms with Crippen LogP contribution < -0.4 is 10.6 Å². The lowest BCUT2D eigenvalue weighted by Gasteiger charge is -2.44. The van der Waals surface area contributed by atoms with Crippen molar-refractivity contribution in [2.45, 2.75) is 38.3 Å². The van der Waals surface area contributed by atoms with Gasteiger partial charge in [0.05, 0.1) is 11.3 Å². The largest absolute Gasteiger partial charge is 0.386 e.